The Hall–Kier alpha value is -1.40. The van der Waals surface area contributed by atoms with E-state index in [0.717, 1.165) is 36.6 Å². The number of thioether (sulfide) groups is 1. The fourth-order valence-corrected chi connectivity index (χ4v) is 3.80. The smallest absolute Gasteiger partial charge is 0.233 e. The van der Waals surface area contributed by atoms with Gasteiger partial charge in [0.15, 0.2) is 11.5 Å². The third kappa shape index (κ3) is 3.11. The molecule has 6 heteroatoms. The lowest BCUT2D eigenvalue weighted by Gasteiger charge is -2.25. The van der Waals surface area contributed by atoms with E-state index in [1.165, 1.54) is 0 Å². The van der Waals surface area contributed by atoms with Gasteiger partial charge in [0, 0.05) is 6.54 Å². The highest BCUT2D eigenvalue weighted by Gasteiger charge is 2.33. The summed E-state index contributed by atoms with van der Waals surface area (Å²) in [5.41, 5.74) is 1.11. The van der Waals surface area contributed by atoms with Crippen LogP contribution in [0.2, 0.25) is 0 Å². The van der Waals surface area contributed by atoms with E-state index < -0.39 is 0 Å². The van der Waals surface area contributed by atoms with Gasteiger partial charge in [-0.3, -0.25) is 4.79 Å². The molecule has 0 radical (unpaired) electrons. The van der Waals surface area contributed by atoms with Crippen molar-refractivity contribution in [1.29, 1.82) is 0 Å². The van der Waals surface area contributed by atoms with Gasteiger partial charge in [-0.2, -0.15) is 0 Å². The summed E-state index contributed by atoms with van der Waals surface area (Å²) in [6, 6.07) is 5.96. The van der Waals surface area contributed by atoms with Crippen molar-refractivity contribution in [3.05, 3.63) is 23.8 Å². The first kappa shape index (κ1) is 14.5. The normalized spacial score (nSPS) is 20.6. The number of nitrogens with zero attached hydrogens (tertiary/aromatic N) is 2. The number of ether oxygens (including phenoxy) is 2. The number of hydrogen-bond acceptors (Lipinski definition) is 5. The van der Waals surface area contributed by atoms with Crippen molar-refractivity contribution in [2.75, 3.05) is 39.7 Å². The molecule has 3 rings (SSSR count). The lowest BCUT2D eigenvalue weighted by atomic mass is 10.1. The Morgan fingerprint density at radius 2 is 2.14 bits per heavy atom. The van der Waals surface area contributed by atoms with Crippen LogP contribution >= 0.6 is 11.8 Å². The second kappa shape index (κ2) is 6.15. The van der Waals surface area contributed by atoms with Crippen LogP contribution in [0.3, 0.4) is 0 Å². The van der Waals surface area contributed by atoms with E-state index >= 15 is 0 Å². The summed E-state index contributed by atoms with van der Waals surface area (Å²) in [5, 5.41) is 0.0918. The van der Waals surface area contributed by atoms with E-state index in [1.54, 1.807) is 11.8 Å². The molecule has 114 valence electrons. The van der Waals surface area contributed by atoms with Gasteiger partial charge in [0.1, 0.15) is 5.37 Å². The minimum absolute atomic E-state index is 0.0918. The van der Waals surface area contributed by atoms with E-state index in [0.29, 0.717) is 5.75 Å². The van der Waals surface area contributed by atoms with E-state index in [-0.39, 0.29) is 18.1 Å². The molecule has 1 aromatic rings. The van der Waals surface area contributed by atoms with Gasteiger partial charge in [-0.05, 0) is 44.8 Å². The maximum absolute atomic E-state index is 12.1. The molecule has 1 aromatic carbocycles. The van der Waals surface area contributed by atoms with Gasteiger partial charge in [-0.1, -0.05) is 6.07 Å². The number of rotatable bonds is 5. The van der Waals surface area contributed by atoms with E-state index in [1.807, 2.05) is 23.1 Å². The molecule has 0 spiro atoms. The van der Waals surface area contributed by atoms with Crippen LogP contribution in [-0.4, -0.2) is 55.4 Å². The molecule has 0 N–H and O–H groups in total. The van der Waals surface area contributed by atoms with Crippen LogP contribution < -0.4 is 9.47 Å². The molecule has 2 aliphatic rings. The molecular weight excluding hydrogens is 288 g/mol. The largest absolute Gasteiger partial charge is 0.454 e. The van der Waals surface area contributed by atoms with Crippen molar-refractivity contribution < 1.29 is 14.3 Å². The molecule has 0 saturated carbocycles. The van der Waals surface area contributed by atoms with Crippen molar-refractivity contribution in [3.8, 4) is 11.5 Å². The summed E-state index contributed by atoms with van der Waals surface area (Å²) in [7, 11) is 4.10. The van der Waals surface area contributed by atoms with Crippen molar-refractivity contribution in [2.24, 2.45) is 0 Å². The van der Waals surface area contributed by atoms with Gasteiger partial charge in [-0.25, -0.2) is 0 Å². The first-order valence-corrected chi connectivity index (χ1v) is 8.15. The van der Waals surface area contributed by atoms with Gasteiger partial charge in [0.05, 0.1) is 5.75 Å². The van der Waals surface area contributed by atoms with Crippen LogP contribution in [0.4, 0.5) is 0 Å². The standard InChI is InChI=1S/C15H20N2O3S/c1-16(2)6-3-7-17-14(18)9-21-15(17)11-4-5-12-13(8-11)20-10-19-12/h4-5,8,15H,3,6-7,9-10H2,1-2H3/t15-/m1/s1. The Labute approximate surface area is 129 Å². The lowest BCUT2D eigenvalue weighted by Crippen LogP contribution is -2.31. The predicted octanol–water partition coefficient (Wildman–Crippen LogP) is 1.94. The molecule has 1 fully saturated rings. The Kier molecular flexibility index (Phi) is 4.26. The SMILES string of the molecule is CN(C)CCCN1C(=O)CS[C@@H]1c1ccc2c(c1)OCO2. The summed E-state index contributed by atoms with van der Waals surface area (Å²) >= 11 is 1.68. The first-order chi connectivity index (χ1) is 10.1. The van der Waals surface area contributed by atoms with Crippen LogP contribution in [0.25, 0.3) is 0 Å². The molecule has 1 amide bonds. The summed E-state index contributed by atoms with van der Waals surface area (Å²) in [4.78, 5) is 16.2. The zero-order valence-electron chi connectivity index (χ0n) is 12.4. The Morgan fingerprint density at radius 1 is 1.33 bits per heavy atom. The summed E-state index contributed by atoms with van der Waals surface area (Å²) < 4.78 is 10.8. The molecule has 2 aliphatic heterocycles. The molecule has 0 unspecified atom stereocenters. The minimum atomic E-state index is 0.0918. The molecule has 1 atom stereocenters. The Bertz CT molecular complexity index is 536. The van der Waals surface area contributed by atoms with Crippen molar-refractivity contribution >= 4 is 17.7 Å². The summed E-state index contributed by atoms with van der Waals surface area (Å²) in [6.07, 6.45) is 0.986. The van der Waals surface area contributed by atoms with Crippen LogP contribution in [0.15, 0.2) is 18.2 Å². The number of hydrogen-bond donors (Lipinski definition) is 0. The molecule has 0 aromatic heterocycles. The van der Waals surface area contributed by atoms with E-state index in [9.17, 15) is 4.79 Å². The second-order valence-electron chi connectivity index (χ2n) is 5.52. The van der Waals surface area contributed by atoms with Gasteiger partial charge >= 0.3 is 0 Å². The summed E-state index contributed by atoms with van der Waals surface area (Å²) in [5.74, 6) is 2.34. The fourth-order valence-electron chi connectivity index (χ4n) is 2.60. The molecule has 21 heavy (non-hydrogen) atoms. The average Bonchev–Trinajstić information content (AvgIpc) is 3.05. The molecule has 0 bridgehead atoms. The van der Waals surface area contributed by atoms with Gasteiger partial charge in [0.25, 0.3) is 0 Å². The second-order valence-corrected chi connectivity index (χ2v) is 6.59. The molecule has 1 saturated heterocycles. The van der Waals surface area contributed by atoms with Crippen LogP contribution in [0.1, 0.15) is 17.4 Å². The maximum Gasteiger partial charge on any atom is 0.233 e. The van der Waals surface area contributed by atoms with Gasteiger partial charge in [0.2, 0.25) is 12.7 Å². The van der Waals surface area contributed by atoms with E-state index in [4.69, 9.17) is 9.47 Å². The number of carbonyl (C=O) groups excluding carboxylic acids is 1. The summed E-state index contributed by atoms with van der Waals surface area (Å²) in [6.45, 7) is 2.06. The number of benzene rings is 1. The first-order valence-electron chi connectivity index (χ1n) is 7.10. The maximum atomic E-state index is 12.1. The third-order valence-corrected chi connectivity index (χ3v) is 4.91. The highest BCUT2D eigenvalue weighted by atomic mass is 32.2. The van der Waals surface area contributed by atoms with Crippen LogP contribution in [-0.2, 0) is 4.79 Å². The number of fused-ring (bicyclic) bond motifs is 1. The highest BCUT2D eigenvalue weighted by molar-refractivity contribution is 8.00. The number of amides is 1. The Morgan fingerprint density at radius 3 is 2.95 bits per heavy atom. The van der Waals surface area contributed by atoms with Crippen molar-refractivity contribution in [3.63, 3.8) is 0 Å². The lowest BCUT2D eigenvalue weighted by molar-refractivity contribution is -0.128. The molecule has 2 heterocycles. The molecule has 5 nitrogen and oxygen atoms in total. The van der Waals surface area contributed by atoms with Crippen molar-refractivity contribution in [1.82, 2.24) is 9.80 Å². The molecule has 0 aliphatic carbocycles. The van der Waals surface area contributed by atoms with E-state index in [2.05, 4.69) is 19.0 Å². The van der Waals surface area contributed by atoms with Crippen molar-refractivity contribution in [2.45, 2.75) is 11.8 Å². The highest BCUT2D eigenvalue weighted by Crippen LogP contribution is 2.42. The topological polar surface area (TPSA) is 42.0 Å². The monoisotopic (exact) mass is 308 g/mol. The predicted molar refractivity (Wildman–Crippen MR) is 82.6 cm³/mol. The third-order valence-electron chi connectivity index (χ3n) is 3.65. The zero-order valence-corrected chi connectivity index (χ0v) is 13.2. The average molecular weight is 308 g/mol. The van der Waals surface area contributed by atoms with Crippen LogP contribution in [0.5, 0.6) is 11.5 Å². The molecular formula is C15H20N2O3S. The Balaban J connectivity index is 1.72. The number of carbonyl (C=O) groups is 1. The van der Waals surface area contributed by atoms with Gasteiger partial charge < -0.3 is 19.3 Å². The fraction of sp³-hybridized carbons (Fsp3) is 0.533. The minimum Gasteiger partial charge on any atom is -0.454 e. The quantitative estimate of drug-likeness (QED) is 0.831. The zero-order chi connectivity index (χ0) is 14.8. The van der Waals surface area contributed by atoms with Crippen LogP contribution in [0, 0.1) is 0 Å². The van der Waals surface area contributed by atoms with Gasteiger partial charge in [-0.15, -0.1) is 11.8 Å².